The molecule has 2 rings (SSSR count). The lowest BCUT2D eigenvalue weighted by Gasteiger charge is -2.22. The molecule has 1 aromatic carbocycles. The van der Waals surface area contributed by atoms with Crippen LogP contribution in [0.25, 0.3) is 0 Å². The zero-order valence-electron chi connectivity index (χ0n) is 12.2. The molecule has 0 N–H and O–H groups in total. The Bertz CT molecular complexity index is 619. The first-order valence-corrected chi connectivity index (χ1v) is 6.66. The monoisotopic (exact) mass is 329 g/mol. The Labute approximate surface area is 130 Å². The molecule has 9 heteroatoms. The molecule has 6 nitrogen and oxygen atoms in total. The maximum Gasteiger partial charge on any atom is 0.406 e. The fraction of sp³-hybridized carbons (Fsp3) is 0.357. The summed E-state index contributed by atoms with van der Waals surface area (Å²) in [5, 5.41) is 0. The Balaban J connectivity index is 2.05. The van der Waals surface area contributed by atoms with Crippen molar-refractivity contribution in [3.8, 4) is 0 Å². The molecular weight excluding hydrogens is 315 g/mol. The van der Waals surface area contributed by atoms with Crippen LogP contribution in [0.4, 0.5) is 23.7 Å². The van der Waals surface area contributed by atoms with Crippen molar-refractivity contribution in [2.45, 2.75) is 6.18 Å². The number of rotatable bonds is 4. The van der Waals surface area contributed by atoms with Crippen LogP contribution in [0, 0.1) is 0 Å². The molecule has 1 aliphatic heterocycles. The van der Waals surface area contributed by atoms with Crippen molar-refractivity contribution in [1.29, 1.82) is 0 Å². The van der Waals surface area contributed by atoms with Gasteiger partial charge in [0, 0.05) is 12.7 Å². The van der Waals surface area contributed by atoms with Crippen molar-refractivity contribution in [2.75, 3.05) is 31.6 Å². The van der Waals surface area contributed by atoms with Crippen LogP contribution < -0.4 is 4.90 Å². The molecule has 0 saturated carbocycles. The van der Waals surface area contributed by atoms with E-state index in [1.165, 1.54) is 4.90 Å². The Hall–Kier alpha value is -2.58. The number of likely N-dealkylation sites (N-methyl/N-ethyl adjacent to an activating group) is 1. The van der Waals surface area contributed by atoms with Gasteiger partial charge in [-0.2, -0.15) is 13.2 Å². The Morgan fingerprint density at radius 3 is 2.39 bits per heavy atom. The molecule has 0 spiro atoms. The standard InChI is InChI=1S/C14H14F3N3O3/c1-18(9-14(15,16)17)11(21)7-20-12(22)8-19(13(20)23)10-5-3-2-4-6-10/h2-6H,7-9H2,1H3. The predicted molar refractivity (Wildman–Crippen MR) is 74.6 cm³/mol. The quantitative estimate of drug-likeness (QED) is 0.786. The van der Waals surface area contributed by atoms with Crippen LogP contribution in [0.2, 0.25) is 0 Å². The summed E-state index contributed by atoms with van der Waals surface area (Å²) < 4.78 is 36.8. The van der Waals surface area contributed by atoms with Crippen LogP contribution in [0.15, 0.2) is 30.3 Å². The molecule has 0 radical (unpaired) electrons. The lowest BCUT2D eigenvalue weighted by molar-refractivity contribution is -0.159. The molecule has 124 valence electrons. The van der Waals surface area contributed by atoms with E-state index in [0.717, 1.165) is 7.05 Å². The van der Waals surface area contributed by atoms with Crippen molar-refractivity contribution >= 4 is 23.5 Å². The molecule has 1 aromatic rings. The van der Waals surface area contributed by atoms with Gasteiger partial charge < -0.3 is 4.90 Å². The summed E-state index contributed by atoms with van der Waals surface area (Å²) in [5.74, 6) is -1.59. The third-order valence-electron chi connectivity index (χ3n) is 3.26. The van der Waals surface area contributed by atoms with Gasteiger partial charge >= 0.3 is 12.2 Å². The molecule has 1 fully saturated rings. The number of benzene rings is 1. The number of alkyl halides is 3. The summed E-state index contributed by atoms with van der Waals surface area (Å²) in [6, 6.07) is 7.60. The second-order valence-corrected chi connectivity index (χ2v) is 5.05. The Kier molecular flexibility index (Phi) is 4.57. The molecule has 0 unspecified atom stereocenters. The van der Waals surface area contributed by atoms with Gasteiger partial charge in [-0.3, -0.25) is 19.4 Å². The number of imide groups is 1. The van der Waals surface area contributed by atoms with Crippen LogP contribution >= 0.6 is 0 Å². The van der Waals surface area contributed by atoms with Crippen molar-refractivity contribution < 1.29 is 27.6 Å². The Morgan fingerprint density at radius 1 is 1.22 bits per heavy atom. The highest BCUT2D eigenvalue weighted by Gasteiger charge is 2.39. The average molecular weight is 329 g/mol. The van der Waals surface area contributed by atoms with E-state index < -0.39 is 37.1 Å². The van der Waals surface area contributed by atoms with Gasteiger partial charge in [0.1, 0.15) is 19.6 Å². The zero-order valence-corrected chi connectivity index (χ0v) is 12.2. The molecule has 1 saturated heterocycles. The van der Waals surface area contributed by atoms with Crippen LogP contribution in [0.5, 0.6) is 0 Å². The van der Waals surface area contributed by atoms with E-state index in [-0.39, 0.29) is 6.54 Å². The number of anilines is 1. The van der Waals surface area contributed by atoms with E-state index >= 15 is 0 Å². The second kappa shape index (κ2) is 6.27. The molecule has 4 amide bonds. The smallest absolute Gasteiger partial charge is 0.335 e. The SMILES string of the molecule is CN(CC(F)(F)F)C(=O)CN1C(=O)CN(c2ccccc2)C1=O. The molecule has 0 aromatic heterocycles. The highest BCUT2D eigenvalue weighted by molar-refractivity contribution is 6.13. The van der Waals surface area contributed by atoms with Gasteiger partial charge in [-0.05, 0) is 12.1 Å². The summed E-state index contributed by atoms with van der Waals surface area (Å²) >= 11 is 0. The number of amides is 4. The molecule has 0 aliphatic carbocycles. The summed E-state index contributed by atoms with van der Waals surface area (Å²) in [6.45, 7) is -2.41. The van der Waals surface area contributed by atoms with Crippen LogP contribution in [0.1, 0.15) is 0 Å². The van der Waals surface area contributed by atoms with Crippen LogP contribution in [-0.4, -0.2) is 60.5 Å². The van der Waals surface area contributed by atoms with E-state index in [4.69, 9.17) is 0 Å². The largest absolute Gasteiger partial charge is 0.406 e. The molecule has 23 heavy (non-hydrogen) atoms. The van der Waals surface area contributed by atoms with E-state index in [1.807, 2.05) is 0 Å². The maximum absolute atomic E-state index is 12.3. The molecule has 0 bridgehead atoms. The topological polar surface area (TPSA) is 60.9 Å². The number of hydrogen-bond acceptors (Lipinski definition) is 3. The molecule has 0 atom stereocenters. The normalized spacial score (nSPS) is 15.3. The van der Waals surface area contributed by atoms with E-state index in [9.17, 15) is 27.6 Å². The van der Waals surface area contributed by atoms with Gasteiger partial charge in [0.2, 0.25) is 5.91 Å². The van der Waals surface area contributed by atoms with Crippen LogP contribution in [0.3, 0.4) is 0 Å². The first-order valence-electron chi connectivity index (χ1n) is 6.66. The molecule has 1 aliphatic rings. The first kappa shape index (κ1) is 16.8. The van der Waals surface area contributed by atoms with Crippen LogP contribution in [-0.2, 0) is 9.59 Å². The van der Waals surface area contributed by atoms with Gasteiger partial charge in [0.25, 0.3) is 5.91 Å². The number of halogens is 3. The number of para-hydroxylation sites is 1. The van der Waals surface area contributed by atoms with Gasteiger partial charge in [0.05, 0.1) is 0 Å². The number of nitrogens with zero attached hydrogens (tertiary/aromatic N) is 3. The zero-order chi connectivity index (χ0) is 17.2. The van der Waals surface area contributed by atoms with E-state index in [0.29, 0.717) is 15.5 Å². The van der Waals surface area contributed by atoms with Crippen molar-refractivity contribution in [1.82, 2.24) is 9.80 Å². The number of hydrogen-bond donors (Lipinski definition) is 0. The summed E-state index contributed by atoms with van der Waals surface area (Å²) in [4.78, 5) is 38.1. The number of carbonyl (C=O) groups excluding carboxylic acids is 3. The minimum Gasteiger partial charge on any atom is -0.335 e. The molecular formula is C14H14F3N3O3. The Morgan fingerprint density at radius 2 is 1.83 bits per heavy atom. The fourth-order valence-electron chi connectivity index (χ4n) is 2.12. The highest BCUT2D eigenvalue weighted by Crippen LogP contribution is 2.21. The van der Waals surface area contributed by atoms with Gasteiger partial charge in [0.15, 0.2) is 0 Å². The van der Waals surface area contributed by atoms with Gasteiger partial charge in [-0.15, -0.1) is 0 Å². The van der Waals surface area contributed by atoms with Crippen molar-refractivity contribution in [3.05, 3.63) is 30.3 Å². The van der Waals surface area contributed by atoms with Gasteiger partial charge in [-0.1, -0.05) is 18.2 Å². The van der Waals surface area contributed by atoms with E-state index in [2.05, 4.69) is 0 Å². The lowest BCUT2D eigenvalue weighted by Crippen LogP contribution is -2.44. The highest BCUT2D eigenvalue weighted by atomic mass is 19.4. The van der Waals surface area contributed by atoms with Crippen molar-refractivity contribution in [2.24, 2.45) is 0 Å². The van der Waals surface area contributed by atoms with Crippen molar-refractivity contribution in [3.63, 3.8) is 0 Å². The second-order valence-electron chi connectivity index (χ2n) is 5.05. The number of carbonyl (C=O) groups is 3. The van der Waals surface area contributed by atoms with Gasteiger partial charge in [-0.25, -0.2) is 4.79 Å². The lowest BCUT2D eigenvalue weighted by atomic mass is 10.3. The fourth-order valence-corrected chi connectivity index (χ4v) is 2.12. The molecule has 1 heterocycles. The number of urea groups is 1. The minimum atomic E-state index is -4.54. The maximum atomic E-state index is 12.3. The summed E-state index contributed by atoms with van der Waals surface area (Å²) in [7, 11) is 0.968. The minimum absolute atomic E-state index is 0.251. The average Bonchev–Trinajstić information content (AvgIpc) is 2.74. The summed E-state index contributed by atoms with van der Waals surface area (Å²) in [5.41, 5.74) is 0.476. The van der Waals surface area contributed by atoms with E-state index in [1.54, 1.807) is 30.3 Å². The first-order chi connectivity index (χ1) is 10.7. The summed E-state index contributed by atoms with van der Waals surface area (Å²) in [6.07, 6.45) is -4.54. The predicted octanol–water partition coefficient (Wildman–Crippen LogP) is 1.48. The third kappa shape index (κ3) is 3.99. The third-order valence-corrected chi connectivity index (χ3v) is 3.26.